The Balaban J connectivity index is 1.68. The summed E-state index contributed by atoms with van der Waals surface area (Å²) in [5, 5.41) is 15.2. The summed E-state index contributed by atoms with van der Waals surface area (Å²) in [5.41, 5.74) is 1.05. The van der Waals surface area contributed by atoms with Crippen molar-refractivity contribution in [2.75, 3.05) is 13.1 Å². The van der Waals surface area contributed by atoms with Gasteiger partial charge in [0.2, 0.25) is 0 Å². The number of carbonyl (C=O) groups is 1. The maximum Gasteiger partial charge on any atom is 0.325 e. The van der Waals surface area contributed by atoms with Gasteiger partial charge in [-0.25, -0.2) is 0 Å². The fourth-order valence-electron chi connectivity index (χ4n) is 3.01. The third-order valence-electron chi connectivity index (χ3n) is 3.92. The molecule has 3 heterocycles. The van der Waals surface area contributed by atoms with Crippen LogP contribution >= 0.6 is 11.3 Å². The van der Waals surface area contributed by atoms with Gasteiger partial charge >= 0.3 is 5.97 Å². The Hall–Kier alpha value is -1.66. The number of piperidine rings is 1. The summed E-state index contributed by atoms with van der Waals surface area (Å²) in [7, 11) is 0. The van der Waals surface area contributed by atoms with Crippen LogP contribution in [-0.4, -0.2) is 38.8 Å². The van der Waals surface area contributed by atoms with E-state index in [9.17, 15) is 4.79 Å². The second kappa shape index (κ2) is 6.41. The average molecular weight is 305 g/mol. The lowest BCUT2D eigenvalue weighted by atomic mass is 9.94. The van der Waals surface area contributed by atoms with Gasteiger partial charge in [-0.1, -0.05) is 6.07 Å². The molecular weight excluding hydrogens is 286 g/mol. The van der Waals surface area contributed by atoms with Crippen molar-refractivity contribution in [2.24, 2.45) is 0 Å². The van der Waals surface area contributed by atoms with E-state index in [1.165, 1.54) is 4.88 Å². The van der Waals surface area contributed by atoms with Crippen LogP contribution in [0.1, 0.15) is 29.3 Å². The summed E-state index contributed by atoms with van der Waals surface area (Å²) in [6.45, 7) is 3.02. The van der Waals surface area contributed by atoms with Crippen molar-refractivity contribution in [1.82, 2.24) is 14.7 Å². The largest absolute Gasteiger partial charge is 0.480 e. The number of likely N-dealkylation sites (tertiary alicyclic amines) is 1. The molecule has 6 heteroatoms. The molecule has 1 aliphatic rings. The van der Waals surface area contributed by atoms with Crippen molar-refractivity contribution < 1.29 is 9.90 Å². The van der Waals surface area contributed by atoms with Gasteiger partial charge in [-0.05, 0) is 36.9 Å². The monoisotopic (exact) mass is 305 g/mol. The third-order valence-corrected chi connectivity index (χ3v) is 4.78. The number of aromatic nitrogens is 2. The van der Waals surface area contributed by atoms with E-state index in [1.807, 2.05) is 6.07 Å². The quantitative estimate of drug-likeness (QED) is 0.921. The maximum absolute atomic E-state index is 10.9. The van der Waals surface area contributed by atoms with Crippen LogP contribution in [0.5, 0.6) is 0 Å². The molecule has 1 aliphatic heterocycles. The molecule has 3 rings (SSSR count). The van der Waals surface area contributed by atoms with Crippen LogP contribution in [0.15, 0.2) is 29.8 Å². The first-order valence-corrected chi connectivity index (χ1v) is 8.08. The molecule has 0 saturated carbocycles. The number of aliphatic carboxylic acids is 1. The van der Waals surface area contributed by atoms with Crippen LogP contribution < -0.4 is 0 Å². The molecule has 112 valence electrons. The van der Waals surface area contributed by atoms with Gasteiger partial charge in [-0.2, -0.15) is 5.10 Å². The minimum Gasteiger partial charge on any atom is -0.480 e. The van der Waals surface area contributed by atoms with Crippen molar-refractivity contribution in [1.29, 1.82) is 0 Å². The van der Waals surface area contributed by atoms with Crippen molar-refractivity contribution >= 4 is 17.3 Å². The molecule has 0 spiro atoms. The summed E-state index contributed by atoms with van der Waals surface area (Å²) in [4.78, 5) is 14.7. The van der Waals surface area contributed by atoms with Crippen molar-refractivity contribution in [3.8, 4) is 0 Å². The van der Waals surface area contributed by atoms with E-state index >= 15 is 0 Å². The molecule has 0 amide bonds. The highest BCUT2D eigenvalue weighted by Crippen LogP contribution is 2.28. The normalized spacial score (nSPS) is 19.7. The highest BCUT2D eigenvalue weighted by molar-refractivity contribution is 7.09. The maximum atomic E-state index is 10.9. The van der Waals surface area contributed by atoms with Crippen molar-refractivity contribution in [3.05, 3.63) is 40.3 Å². The van der Waals surface area contributed by atoms with Crippen molar-refractivity contribution in [2.45, 2.75) is 31.8 Å². The smallest absolute Gasteiger partial charge is 0.325 e. The highest BCUT2D eigenvalue weighted by atomic mass is 32.1. The highest BCUT2D eigenvalue weighted by Gasteiger charge is 2.24. The number of hydrogen-bond acceptors (Lipinski definition) is 4. The van der Waals surface area contributed by atoms with Gasteiger partial charge < -0.3 is 5.11 Å². The lowest BCUT2D eigenvalue weighted by Gasteiger charge is -2.32. The van der Waals surface area contributed by atoms with E-state index in [1.54, 1.807) is 22.2 Å². The van der Waals surface area contributed by atoms with Crippen LogP contribution in [-0.2, 0) is 17.9 Å². The first-order chi connectivity index (χ1) is 10.2. The molecule has 1 atom stereocenters. The molecule has 5 nitrogen and oxygen atoms in total. The SMILES string of the molecule is O=C(O)Cn1nccc1[C@@H]1CCCN(Cc2cccs2)C1. The fourth-order valence-corrected chi connectivity index (χ4v) is 3.76. The number of carboxylic acids is 1. The summed E-state index contributed by atoms with van der Waals surface area (Å²) in [5.74, 6) is -0.466. The van der Waals surface area contributed by atoms with Crippen LogP contribution in [0, 0.1) is 0 Å². The topological polar surface area (TPSA) is 58.4 Å². The minimum atomic E-state index is -0.841. The molecule has 1 saturated heterocycles. The Morgan fingerprint density at radius 1 is 1.48 bits per heavy atom. The molecule has 1 fully saturated rings. The van der Waals surface area contributed by atoms with Gasteiger partial charge in [-0.15, -0.1) is 11.3 Å². The molecule has 2 aromatic rings. The first kappa shape index (κ1) is 14.3. The van der Waals surface area contributed by atoms with Crippen LogP contribution in [0.4, 0.5) is 0 Å². The molecular formula is C15H19N3O2S. The van der Waals surface area contributed by atoms with Crippen molar-refractivity contribution in [3.63, 3.8) is 0 Å². The fraction of sp³-hybridized carbons (Fsp3) is 0.467. The van der Waals surface area contributed by atoms with E-state index in [-0.39, 0.29) is 6.54 Å². The second-order valence-electron chi connectivity index (χ2n) is 5.46. The average Bonchev–Trinajstić information content (AvgIpc) is 3.10. The summed E-state index contributed by atoms with van der Waals surface area (Å²) < 4.78 is 1.63. The molecule has 2 aromatic heterocycles. The van der Waals surface area contributed by atoms with E-state index in [0.29, 0.717) is 5.92 Å². The zero-order chi connectivity index (χ0) is 14.7. The van der Waals surface area contributed by atoms with Crippen LogP contribution in [0.2, 0.25) is 0 Å². The number of hydrogen-bond donors (Lipinski definition) is 1. The molecule has 1 N–H and O–H groups in total. The molecule has 0 aliphatic carbocycles. The van der Waals surface area contributed by atoms with Gasteiger partial charge in [0.05, 0.1) is 0 Å². The standard InChI is InChI=1S/C15H19N3O2S/c19-15(20)11-18-14(5-6-16-18)12-3-1-7-17(9-12)10-13-4-2-8-21-13/h2,4-6,8,12H,1,3,7,9-11H2,(H,19,20)/t12-/m1/s1. The number of thiophene rings is 1. The van der Waals surface area contributed by atoms with Gasteiger partial charge in [-0.3, -0.25) is 14.4 Å². The van der Waals surface area contributed by atoms with Gasteiger partial charge in [0.25, 0.3) is 0 Å². The van der Waals surface area contributed by atoms with E-state index in [4.69, 9.17) is 5.11 Å². The Labute approximate surface area is 127 Å². The minimum absolute atomic E-state index is 0.0518. The Morgan fingerprint density at radius 3 is 3.14 bits per heavy atom. The predicted octanol–water partition coefficient (Wildman–Crippen LogP) is 2.41. The van der Waals surface area contributed by atoms with Gasteiger partial charge in [0.15, 0.2) is 0 Å². The lowest BCUT2D eigenvalue weighted by Crippen LogP contribution is -2.34. The van der Waals surface area contributed by atoms with Crippen LogP contribution in [0.3, 0.4) is 0 Å². The van der Waals surface area contributed by atoms with E-state index < -0.39 is 5.97 Å². The van der Waals surface area contributed by atoms with Gasteiger partial charge in [0, 0.05) is 35.8 Å². The summed E-state index contributed by atoms with van der Waals surface area (Å²) in [6, 6.07) is 6.22. The first-order valence-electron chi connectivity index (χ1n) is 7.20. The third kappa shape index (κ3) is 3.51. The Kier molecular flexibility index (Phi) is 4.36. The molecule has 0 bridgehead atoms. The molecule has 0 unspecified atom stereocenters. The lowest BCUT2D eigenvalue weighted by molar-refractivity contribution is -0.137. The van der Waals surface area contributed by atoms with Gasteiger partial charge in [0.1, 0.15) is 6.54 Å². The molecule has 0 radical (unpaired) electrons. The predicted molar refractivity (Wildman–Crippen MR) is 81.4 cm³/mol. The Morgan fingerprint density at radius 2 is 2.38 bits per heavy atom. The summed E-state index contributed by atoms with van der Waals surface area (Å²) >= 11 is 1.79. The molecule has 0 aromatic carbocycles. The number of carboxylic acid groups (broad SMARTS) is 1. The van der Waals surface area contributed by atoms with E-state index in [2.05, 4.69) is 27.5 Å². The second-order valence-corrected chi connectivity index (χ2v) is 6.49. The zero-order valence-corrected chi connectivity index (χ0v) is 12.6. The van der Waals surface area contributed by atoms with Crippen LogP contribution in [0.25, 0.3) is 0 Å². The Bertz CT molecular complexity index is 594. The molecule has 21 heavy (non-hydrogen) atoms. The number of rotatable bonds is 5. The van der Waals surface area contributed by atoms with E-state index in [0.717, 1.165) is 38.2 Å². The number of nitrogens with zero attached hydrogens (tertiary/aromatic N) is 3. The summed E-state index contributed by atoms with van der Waals surface area (Å²) in [6.07, 6.45) is 3.96. The zero-order valence-electron chi connectivity index (χ0n) is 11.8.